The van der Waals surface area contributed by atoms with Crippen molar-refractivity contribution in [1.29, 1.82) is 0 Å². The first kappa shape index (κ1) is 17.1. The summed E-state index contributed by atoms with van der Waals surface area (Å²) in [6.45, 7) is 4.44. The topological polar surface area (TPSA) is 71.1 Å². The van der Waals surface area contributed by atoms with Crippen molar-refractivity contribution < 1.29 is 28.1 Å². The van der Waals surface area contributed by atoms with Crippen LogP contribution in [-0.4, -0.2) is 25.5 Å². The molecule has 0 aromatic heterocycles. The van der Waals surface area contributed by atoms with Crippen molar-refractivity contribution in [1.82, 2.24) is 0 Å². The highest BCUT2D eigenvalue weighted by Crippen LogP contribution is 2.25. The Bertz CT molecular complexity index is 258. The average Bonchev–Trinajstić information content (AvgIpc) is 2.29. The lowest BCUT2D eigenvalue weighted by atomic mass is 10.4. The molecule has 0 N–H and O–H groups in total. The van der Waals surface area contributed by atoms with E-state index in [2.05, 4.69) is 30.3 Å². The number of rotatable bonds is 8. The lowest BCUT2D eigenvalue weighted by Gasteiger charge is -1.99. The second-order valence-electron chi connectivity index (χ2n) is 3.31. The Morgan fingerprint density at radius 1 is 0.944 bits per heavy atom. The van der Waals surface area contributed by atoms with Gasteiger partial charge in [-0.15, -0.1) is 0 Å². The molecule has 6 nitrogen and oxygen atoms in total. The third-order valence-electron chi connectivity index (χ3n) is 1.73. The molecular weight excluding hydrogens is 279 g/mol. The van der Waals surface area contributed by atoms with Gasteiger partial charge in [-0.25, -0.2) is 0 Å². The molecule has 0 aliphatic rings. The van der Waals surface area contributed by atoms with E-state index in [1.165, 1.54) is 0 Å². The molecule has 104 valence electrons. The maximum Gasteiger partial charge on any atom is 0.640 e. The minimum atomic E-state index is -2.07. The Kier molecular flexibility index (Phi) is 10.6. The molecule has 0 aromatic carbocycles. The minimum absolute atomic E-state index is 0.259. The predicted molar refractivity (Wildman–Crippen MR) is 69.0 cm³/mol. The van der Waals surface area contributed by atoms with Gasteiger partial charge in [-0.3, -0.25) is 0 Å². The van der Waals surface area contributed by atoms with Gasteiger partial charge in [0, 0.05) is 0 Å². The van der Waals surface area contributed by atoms with Crippen LogP contribution < -0.4 is 0 Å². The summed E-state index contributed by atoms with van der Waals surface area (Å²) in [5.41, 5.74) is 0. The molecule has 0 aliphatic heterocycles. The van der Waals surface area contributed by atoms with Gasteiger partial charge in [0.25, 0.3) is 11.8 Å². The van der Waals surface area contributed by atoms with E-state index in [0.29, 0.717) is 0 Å². The van der Waals surface area contributed by atoms with E-state index in [4.69, 9.17) is 0 Å². The van der Waals surface area contributed by atoms with Crippen molar-refractivity contribution in [3.63, 3.8) is 0 Å². The molecule has 0 aromatic rings. The Morgan fingerprint density at radius 3 is 1.67 bits per heavy atom. The fourth-order valence-electron chi connectivity index (χ4n) is 0.793. The molecule has 0 fully saturated rings. The second-order valence-corrected chi connectivity index (χ2v) is 5.02. The largest absolute Gasteiger partial charge is 0.640 e. The second kappa shape index (κ2) is 11.2. The molecule has 0 heterocycles. The maximum absolute atomic E-state index is 11.0. The van der Waals surface area contributed by atoms with Gasteiger partial charge in [0.2, 0.25) is 0 Å². The first-order valence-electron chi connectivity index (χ1n) is 5.76. The van der Waals surface area contributed by atoms with Gasteiger partial charge in [-0.1, -0.05) is 26.7 Å². The van der Waals surface area contributed by atoms with Gasteiger partial charge >= 0.3 is 19.5 Å². The van der Waals surface area contributed by atoms with Crippen molar-refractivity contribution in [3.8, 4) is 0 Å². The number of hydrogen-bond donors (Lipinski definition) is 0. The molecule has 8 heteroatoms. The van der Waals surface area contributed by atoms with Gasteiger partial charge in [0.05, 0.1) is 13.2 Å². The van der Waals surface area contributed by atoms with Gasteiger partial charge in [0.15, 0.2) is 0 Å². The van der Waals surface area contributed by atoms with Crippen LogP contribution in [0, 0.1) is 0 Å². The predicted octanol–water partition coefficient (Wildman–Crippen LogP) is 3.67. The molecule has 0 saturated carbocycles. The van der Waals surface area contributed by atoms with Crippen molar-refractivity contribution in [2.45, 2.75) is 39.5 Å². The zero-order valence-electron chi connectivity index (χ0n) is 10.5. The summed E-state index contributed by atoms with van der Waals surface area (Å²) in [5.74, 6) is 0. The highest BCUT2D eigenvalue weighted by molar-refractivity contribution is 8.01. The van der Waals surface area contributed by atoms with Crippen LogP contribution in [0.2, 0.25) is 0 Å². The molecule has 0 spiro atoms. The summed E-state index contributed by atoms with van der Waals surface area (Å²) < 4.78 is 18.5. The quantitative estimate of drug-likeness (QED) is 0.384. The molecule has 0 atom stereocenters. The van der Waals surface area contributed by atoms with E-state index in [-0.39, 0.29) is 13.2 Å². The number of carbonyl (C=O) groups is 2. The molecule has 0 amide bonds. The third-order valence-corrected chi connectivity index (χ3v) is 2.78. The van der Waals surface area contributed by atoms with Crippen LogP contribution in [0.15, 0.2) is 0 Å². The summed E-state index contributed by atoms with van der Waals surface area (Å²) in [7, 11) is -2.07. The van der Waals surface area contributed by atoms with Crippen LogP contribution >= 0.6 is 7.15 Å². The van der Waals surface area contributed by atoms with Crippen molar-refractivity contribution in [2.24, 2.45) is 0 Å². The molecule has 0 rings (SSSR count). The Balaban J connectivity index is 3.68. The van der Waals surface area contributed by atoms with Crippen LogP contribution in [0.3, 0.4) is 0 Å². The first-order valence-corrected chi connectivity index (χ1v) is 7.95. The molecule has 0 radical (unpaired) electrons. The summed E-state index contributed by atoms with van der Waals surface area (Å²) in [5, 5.41) is 0. The Labute approximate surface area is 113 Å². The monoisotopic (exact) mass is 297 g/mol. The minimum Gasteiger partial charge on any atom is -0.431 e. The Morgan fingerprint density at radius 2 is 1.33 bits per heavy atom. The molecule has 0 saturated heterocycles. The van der Waals surface area contributed by atoms with Crippen LogP contribution in [-0.2, 0) is 30.3 Å². The smallest absolute Gasteiger partial charge is 0.431 e. The highest BCUT2D eigenvalue weighted by atomic mass is 32.4. The van der Waals surface area contributed by atoms with Crippen molar-refractivity contribution in [3.05, 3.63) is 0 Å². The van der Waals surface area contributed by atoms with Crippen LogP contribution in [0.5, 0.6) is 0 Å². The van der Waals surface area contributed by atoms with E-state index in [0.717, 1.165) is 25.7 Å². The molecule has 0 aliphatic carbocycles. The number of unbranched alkanes of at least 4 members (excludes halogenated alkanes) is 2. The molecule has 18 heavy (non-hydrogen) atoms. The number of hydrogen-bond acceptors (Lipinski definition) is 7. The maximum atomic E-state index is 11.0. The normalized spacial score (nSPS) is 9.44. The van der Waals surface area contributed by atoms with Gasteiger partial charge in [0.1, 0.15) is 0 Å². The van der Waals surface area contributed by atoms with Crippen molar-refractivity contribution in [2.75, 3.05) is 13.2 Å². The van der Waals surface area contributed by atoms with Gasteiger partial charge < -0.3 is 9.47 Å². The van der Waals surface area contributed by atoms with E-state index in [9.17, 15) is 9.59 Å². The lowest BCUT2D eigenvalue weighted by Crippen LogP contribution is -2.08. The standard InChI is InChI=1S/C10H18O6PS/c1-3-5-7-13-9(11)15-17(18)16-10(12)14-8-6-4-2/h3-8H2,1-2H3/q+1. The lowest BCUT2D eigenvalue weighted by molar-refractivity contribution is 0.0865. The van der Waals surface area contributed by atoms with Gasteiger partial charge in [-0.2, -0.15) is 18.6 Å². The zero-order chi connectivity index (χ0) is 13.8. The fourth-order valence-corrected chi connectivity index (χ4v) is 1.54. The summed E-state index contributed by atoms with van der Waals surface area (Å²) in [6, 6.07) is 0. The first-order chi connectivity index (χ1) is 8.60. The fraction of sp³-hybridized carbons (Fsp3) is 0.800. The number of carbonyl (C=O) groups excluding carboxylic acids is 2. The van der Waals surface area contributed by atoms with E-state index >= 15 is 0 Å². The zero-order valence-corrected chi connectivity index (χ0v) is 12.3. The van der Waals surface area contributed by atoms with E-state index in [1.807, 2.05) is 13.8 Å². The van der Waals surface area contributed by atoms with Crippen molar-refractivity contribution >= 4 is 31.3 Å². The average molecular weight is 297 g/mol. The van der Waals surface area contributed by atoms with Gasteiger partial charge in [-0.05, 0) is 12.8 Å². The summed E-state index contributed by atoms with van der Waals surface area (Å²) >= 11 is 4.67. The molecule has 0 bridgehead atoms. The SMILES string of the molecule is CCCCOC(=O)O[P+](=S)OC(=O)OCCCC. The number of ether oxygens (including phenoxy) is 2. The summed E-state index contributed by atoms with van der Waals surface area (Å²) in [6.07, 6.45) is 1.43. The summed E-state index contributed by atoms with van der Waals surface area (Å²) in [4.78, 5) is 22.1. The van der Waals surface area contributed by atoms with Crippen LogP contribution in [0.25, 0.3) is 0 Å². The highest BCUT2D eigenvalue weighted by Gasteiger charge is 2.27. The van der Waals surface area contributed by atoms with E-state index in [1.54, 1.807) is 0 Å². The third kappa shape index (κ3) is 10.2. The molecular formula is C10H18O6PS+. The molecule has 0 unspecified atom stereocenters. The van der Waals surface area contributed by atoms with Crippen LogP contribution in [0.1, 0.15) is 39.5 Å². The van der Waals surface area contributed by atoms with Crippen LogP contribution in [0.4, 0.5) is 9.59 Å². The Hall–Kier alpha value is -0.940. The van der Waals surface area contributed by atoms with E-state index < -0.39 is 19.5 Å².